The van der Waals surface area contributed by atoms with Gasteiger partial charge in [0.1, 0.15) is 4.70 Å². The van der Waals surface area contributed by atoms with Crippen LogP contribution in [0.25, 0.3) is 10.1 Å². The van der Waals surface area contributed by atoms with Crippen LogP contribution in [0.1, 0.15) is 48.8 Å². The Balaban J connectivity index is 0.000000533. The first-order chi connectivity index (χ1) is 21.8. The van der Waals surface area contributed by atoms with Gasteiger partial charge in [0.15, 0.2) is 5.43 Å². The molecule has 2 heterocycles. The number of halogens is 3. The number of nitro benzene ring substituents is 1. The van der Waals surface area contributed by atoms with Crippen LogP contribution < -0.4 is 10.3 Å². The molecule has 0 radical (unpaired) electrons. The minimum Gasteiger partial charge on any atom is -0.478 e. The van der Waals surface area contributed by atoms with Crippen molar-refractivity contribution in [3.8, 4) is 0 Å². The normalized spacial score (nSPS) is 16.3. The summed E-state index contributed by atoms with van der Waals surface area (Å²) in [7, 11) is 0. The molecule has 0 unspecified atom stereocenters. The van der Waals surface area contributed by atoms with E-state index in [-0.39, 0.29) is 16.5 Å². The summed E-state index contributed by atoms with van der Waals surface area (Å²) in [5.74, 6) is -1.80. The molecule has 1 aromatic heterocycles. The molecule has 2 fully saturated rings. The Bertz CT molecular complexity index is 1630. The molecule has 2 aliphatic rings. The van der Waals surface area contributed by atoms with Crippen molar-refractivity contribution < 1.29 is 37.9 Å². The monoisotopic (exact) mass is 661 g/mol. The predicted octanol–water partition coefficient (Wildman–Crippen LogP) is 6.19. The van der Waals surface area contributed by atoms with Gasteiger partial charge in [-0.25, -0.2) is 9.59 Å². The van der Waals surface area contributed by atoms with Crippen molar-refractivity contribution in [1.82, 2.24) is 4.90 Å². The molecule has 1 saturated heterocycles. The average Bonchev–Trinajstić information content (AvgIpc) is 3.02. The molecular formula is C32H34F3N3O7S. The minimum atomic E-state index is -4.80. The molecule has 1 saturated carbocycles. The topological polar surface area (TPSA) is 141 Å². The molecule has 3 aromatic rings. The van der Waals surface area contributed by atoms with Gasteiger partial charge in [0.25, 0.3) is 5.69 Å². The SMILES string of the molecule is O=C(O)/C=C/C(=O)O.O=c1c(Cc2ccccc2)c(N2CCN(CC3CCCCC3)CC2)sc2c([N+](=O)[O-])cc(C(F)(F)F)cc12. The lowest BCUT2D eigenvalue weighted by atomic mass is 9.89. The molecule has 2 N–H and O–H groups in total. The molecule has 14 heteroatoms. The maximum Gasteiger partial charge on any atom is 0.416 e. The van der Waals surface area contributed by atoms with Crippen molar-refractivity contribution in [3.63, 3.8) is 0 Å². The van der Waals surface area contributed by atoms with Crippen LogP contribution in [0.15, 0.2) is 59.4 Å². The number of rotatable bonds is 8. The first kappa shape index (κ1) is 34.6. The van der Waals surface area contributed by atoms with Gasteiger partial charge in [-0.05, 0) is 30.4 Å². The van der Waals surface area contributed by atoms with Crippen molar-refractivity contribution in [1.29, 1.82) is 0 Å². The Kier molecular flexibility index (Phi) is 11.5. The quantitative estimate of drug-likeness (QED) is 0.164. The summed E-state index contributed by atoms with van der Waals surface area (Å²) in [4.78, 5) is 48.4. The molecule has 0 spiro atoms. The molecule has 1 aliphatic carbocycles. The maximum absolute atomic E-state index is 13.8. The van der Waals surface area contributed by atoms with Gasteiger partial charge in [0.2, 0.25) is 0 Å². The van der Waals surface area contributed by atoms with Crippen LogP contribution in [0.5, 0.6) is 0 Å². The number of piperazine rings is 1. The molecule has 10 nitrogen and oxygen atoms in total. The number of carbonyl (C=O) groups is 2. The van der Waals surface area contributed by atoms with E-state index in [1.165, 1.54) is 32.1 Å². The lowest BCUT2D eigenvalue weighted by molar-refractivity contribution is -0.383. The first-order valence-electron chi connectivity index (χ1n) is 14.8. The first-order valence-corrected chi connectivity index (χ1v) is 15.7. The number of benzene rings is 2. The number of alkyl halides is 3. The molecule has 5 rings (SSSR count). The van der Waals surface area contributed by atoms with Crippen LogP contribution in [0.2, 0.25) is 0 Å². The van der Waals surface area contributed by atoms with Crippen molar-refractivity contribution in [2.45, 2.75) is 44.7 Å². The number of carboxylic acids is 2. The fourth-order valence-electron chi connectivity index (χ4n) is 5.83. The predicted molar refractivity (Wildman–Crippen MR) is 169 cm³/mol. The van der Waals surface area contributed by atoms with Gasteiger partial charge in [-0.15, -0.1) is 11.3 Å². The summed E-state index contributed by atoms with van der Waals surface area (Å²) in [6.07, 6.45) is 2.96. The van der Waals surface area contributed by atoms with E-state index in [9.17, 15) is 37.7 Å². The van der Waals surface area contributed by atoms with E-state index in [2.05, 4.69) is 9.80 Å². The molecule has 46 heavy (non-hydrogen) atoms. The second kappa shape index (κ2) is 15.3. The number of nitro groups is 1. The third-order valence-corrected chi connectivity index (χ3v) is 9.39. The highest BCUT2D eigenvalue weighted by Gasteiger charge is 2.35. The number of anilines is 1. The maximum atomic E-state index is 13.8. The van der Waals surface area contributed by atoms with Gasteiger partial charge in [-0.3, -0.25) is 19.8 Å². The van der Waals surface area contributed by atoms with Crippen molar-refractivity contribution >= 4 is 44.1 Å². The number of hydrogen-bond acceptors (Lipinski definition) is 8. The third-order valence-electron chi connectivity index (χ3n) is 8.06. The van der Waals surface area contributed by atoms with Crippen LogP contribution in [0.3, 0.4) is 0 Å². The van der Waals surface area contributed by atoms with E-state index in [1.807, 2.05) is 30.3 Å². The summed E-state index contributed by atoms with van der Waals surface area (Å²) in [5, 5.41) is 27.8. The van der Waals surface area contributed by atoms with Crippen LogP contribution in [0.4, 0.5) is 23.9 Å². The van der Waals surface area contributed by atoms with Crippen molar-refractivity contribution in [3.05, 3.63) is 91.6 Å². The molecule has 0 atom stereocenters. The van der Waals surface area contributed by atoms with Crippen LogP contribution in [-0.4, -0.2) is 64.7 Å². The lowest BCUT2D eigenvalue weighted by Crippen LogP contribution is -2.48. The standard InChI is InChI=1S/C28H30F3N3O3S.C4H4O4/c29-28(30,31)21-16-22-25(35)23(15-19-7-3-1-4-8-19)27(38-26(22)24(17-21)34(36)37)33-13-11-32(12-14-33)18-20-9-5-2-6-10-20;5-3(6)1-2-4(7)8/h1,3-4,7-8,16-17,20H,2,5-6,9-15,18H2;1-2H,(H,5,6)(H,7,8)/b;2-1+. The van der Waals surface area contributed by atoms with Gasteiger partial charge in [-0.1, -0.05) is 49.6 Å². The van der Waals surface area contributed by atoms with Gasteiger partial charge in [-0.2, -0.15) is 13.2 Å². The van der Waals surface area contributed by atoms with E-state index < -0.39 is 39.7 Å². The van der Waals surface area contributed by atoms with E-state index in [0.717, 1.165) is 42.6 Å². The number of carboxylic acid groups (broad SMARTS) is 2. The van der Waals surface area contributed by atoms with Crippen molar-refractivity contribution in [2.75, 3.05) is 37.6 Å². The Morgan fingerprint density at radius 1 is 0.978 bits per heavy atom. The van der Waals surface area contributed by atoms with Crippen LogP contribution >= 0.6 is 11.3 Å². The minimum absolute atomic E-state index is 0.00977. The molecule has 1 aliphatic heterocycles. The zero-order valence-corrected chi connectivity index (χ0v) is 25.7. The Morgan fingerprint density at radius 2 is 1.59 bits per heavy atom. The fraction of sp³-hybridized carbons (Fsp3) is 0.406. The van der Waals surface area contributed by atoms with Gasteiger partial charge >= 0.3 is 18.1 Å². The lowest BCUT2D eigenvalue weighted by Gasteiger charge is -2.38. The molecule has 0 amide bonds. The number of non-ortho nitro benzene ring substituents is 1. The summed E-state index contributed by atoms with van der Waals surface area (Å²) in [6, 6.07) is 10.6. The summed E-state index contributed by atoms with van der Waals surface area (Å²) in [6.45, 7) is 4.00. The molecule has 0 bridgehead atoms. The van der Waals surface area contributed by atoms with Crippen molar-refractivity contribution in [2.24, 2.45) is 5.92 Å². The largest absolute Gasteiger partial charge is 0.478 e. The zero-order chi connectivity index (χ0) is 33.4. The van der Waals surface area contributed by atoms with Gasteiger partial charge in [0, 0.05) is 68.3 Å². The average molecular weight is 662 g/mol. The Morgan fingerprint density at radius 3 is 2.13 bits per heavy atom. The Labute approximate surface area is 266 Å². The van der Waals surface area contributed by atoms with Crippen LogP contribution in [-0.2, 0) is 22.2 Å². The zero-order valence-electron chi connectivity index (χ0n) is 24.9. The Hall–Kier alpha value is -4.30. The third kappa shape index (κ3) is 9.13. The molecule has 246 valence electrons. The highest BCUT2D eigenvalue weighted by molar-refractivity contribution is 7.22. The van der Waals surface area contributed by atoms with E-state index >= 15 is 0 Å². The summed E-state index contributed by atoms with van der Waals surface area (Å²) in [5.41, 5.74) is -1.19. The number of hydrogen-bond donors (Lipinski definition) is 2. The fourth-order valence-corrected chi connectivity index (χ4v) is 7.12. The second-order valence-electron chi connectivity index (χ2n) is 11.3. The van der Waals surface area contributed by atoms with E-state index in [4.69, 9.17) is 10.2 Å². The molecule has 2 aromatic carbocycles. The number of nitrogens with zero attached hydrogens (tertiary/aromatic N) is 3. The van der Waals surface area contributed by atoms with Crippen LogP contribution in [0, 0.1) is 16.0 Å². The van der Waals surface area contributed by atoms with E-state index in [1.54, 1.807) is 0 Å². The molecular weight excluding hydrogens is 627 g/mol. The summed E-state index contributed by atoms with van der Waals surface area (Å²) < 4.78 is 40.7. The highest BCUT2D eigenvalue weighted by Crippen LogP contribution is 2.41. The smallest absolute Gasteiger partial charge is 0.416 e. The number of aliphatic carboxylic acids is 2. The van der Waals surface area contributed by atoms with Gasteiger partial charge < -0.3 is 15.1 Å². The van der Waals surface area contributed by atoms with Gasteiger partial charge in [0.05, 0.1) is 15.5 Å². The second-order valence-corrected chi connectivity index (χ2v) is 12.3. The highest BCUT2D eigenvalue weighted by atomic mass is 32.1. The number of fused-ring (bicyclic) bond motifs is 1. The van der Waals surface area contributed by atoms with E-state index in [0.29, 0.717) is 47.8 Å². The summed E-state index contributed by atoms with van der Waals surface area (Å²) >= 11 is 1.06.